The Balaban J connectivity index is 1.52. The molecule has 0 aliphatic carbocycles. The number of carbonyl (C=O) groups excluding carboxylic acids is 1. The molecule has 0 atom stereocenters. The molecule has 1 heterocycles. The molecule has 0 spiro atoms. The molecule has 0 aliphatic heterocycles. The number of terminal acetylenes is 1. The Bertz CT molecular complexity index is 1130. The minimum absolute atomic E-state index is 0.120. The fraction of sp³-hybridized carbons (Fsp3) is 0.0769. The van der Waals surface area contributed by atoms with Crippen LogP contribution >= 0.6 is 0 Å². The Morgan fingerprint density at radius 2 is 1.63 bits per heavy atom. The third kappa shape index (κ3) is 4.48. The Kier molecular flexibility index (Phi) is 5.73. The van der Waals surface area contributed by atoms with Crippen LogP contribution in [-0.4, -0.2) is 10.9 Å². The van der Waals surface area contributed by atoms with Gasteiger partial charge in [0, 0.05) is 35.2 Å². The first-order valence-corrected chi connectivity index (χ1v) is 9.70. The van der Waals surface area contributed by atoms with Crippen molar-refractivity contribution in [1.82, 2.24) is 4.98 Å². The first-order valence-electron chi connectivity index (χ1n) is 9.70. The van der Waals surface area contributed by atoms with Crippen LogP contribution in [-0.2, 0) is 11.2 Å². The summed E-state index contributed by atoms with van der Waals surface area (Å²) < 4.78 is 6.07. The average molecular weight is 392 g/mol. The number of nitrogens with one attached hydrogen (secondary N) is 1. The lowest BCUT2D eigenvalue weighted by atomic mass is 10.1. The maximum Gasteiger partial charge on any atom is 0.224 e. The fourth-order valence-electron chi connectivity index (χ4n) is 3.18. The van der Waals surface area contributed by atoms with Crippen LogP contribution in [0.4, 0.5) is 5.69 Å². The van der Waals surface area contributed by atoms with E-state index >= 15 is 0 Å². The highest BCUT2D eigenvalue weighted by atomic mass is 16.4. The van der Waals surface area contributed by atoms with Crippen LogP contribution in [0.5, 0.6) is 0 Å². The van der Waals surface area contributed by atoms with Crippen LogP contribution in [0.2, 0.25) is 0 Å². The molecule has 146 valence electrons. The maximum atomic E-state index is 12.4. The second-order valence-electron chi connectivity index (χ2n) is 6.79. The van der Waals surface area contributed by atoms with Gasteiger partial charge in [0.25, 0.3) is 0 Å². The number of benzene rings is 3. The van der Waals surface area contributed by atoms with Crippen LogP contribution in [0.15, 0.2) is 89.3 Å². The summed E-state index contributed by atoms with van der Waals surface area (Å²) in [4.78, 5) is 17.1. The smallest absolute Gasteiger partial charge is 0.224 e. The van der Waals surface area contributed by atoms with E-state index in [4.69, 9.17) is 15.8 Å². The lowest BCUT2D eigenvalue weighted by Crippen LogP contribution is -2.12. The van der Waals surface area contributed by atoms with Crippen molar-refractivity contribution < 1.29 is 9.21 Å². The van der Waals surface area contributed by atoms with Gasteiger partial charge in [0.1, 0.15) is 5.69 Å². The number of oxazole rings is 1. The highest BCUT2D eigenvalue weighted by molar-refractivity contribution is 5.91. The molecule has 4 aromatic rings. The monoisotopic (exact) mass is 392 g/mol. The average Bonchev–Trinajstić information content (AvgIpc) is 3.23. The van der Waals surface area contributed by atoms with Gasteiger partial charge in [-0.3, -0.25) is 4.79 Å². The van der Waals surface area contributed by atoms with Gasteiger partial charge in [-0.2, -0.15) is 0 Å². The topological polar surface area (TPSA) is 55.1 Å². The van der Waals surface area contributed by atoms with Crippen molar-refractivity contribution >= 4 is 11.6 Å². The zero-order valence-electron chi connectivity index (χ0n) is 16.3. The summed E-state index contributed by atoms with van der Waals surface area (Å²) in [6, 6.07) is 27.0. The van der Waals surface area contributed by atoms with Crippen LogP contribution in [0.25, 0.3) is 22.6 Å². The van der Waals surface area contributed by atoms with Gasteiger partial charge in [-0.25, -0.2) is 4.98 Å². The molecule has 0 radical (unpaired) electrons. The molecular formula is C26H20N2O2. The van der Waals surface area contributed by atoms with Gasteiger partial charge in [-0.05, 0) is 18.2 Å². The number of hydrogen-bond acceptors (Lipinski definition) is 3. The zero-order chi connectivity index (χ0) is 20.8. The van der Waals surface area contributed by atoms with Crippen LogP contribution in [0, 0.1) is 12.3 Å². The molecule has 0 saturated heterocycles. The quantitative estimate of drug-likeness (QED) is 0.437. The number of rotatable bonds is 6. The molecule has 1 amide bonds. The molecule has 1 N–H and O–H groups in total. The van der Waals surface area contributed by atoms with Gasteiger partial charge in [0.2, 0.25) is 5.91 Å². The second-order valence-corrected chi connectivity index (χ2v) is 6.79. The minimum atomic E-state index is -0.120. The zero-order valence-corrected chi connectivity index (χ0v) is 16.3. The van der Waals surface area contributed by atoms with Crippen molar-refractivity contribution in [2.24, 2.45) is 0 Å². The molecule has 4 heteroatoms. The standard InChI is InChI=1S/C26H20N2O2/c1-2-19-10-9-15-22(18-19)27-23(29)16-17-24-28-25(20-11-5-3-6-12-20)26(30-24)21-13-7-4-8-14-21/h1,3-15,18H,16-17H2,(H,27,29). The largest absolute Gasteiger partial charge is 0.440 e. The third-order valence-electron chi connectivity index (χ3n) is 4.63. The lowest BCUT2D eigenvalue weighted by Gasteiger charge is -2.04. The summed E-state index contributed by atoms with van der Waals surface area (Å²) in [5.74, 6) is 3.68. The fourth-order valence-corrected chi connectivity index (χ4v) is 3.18. The molecule has 4 rings (SSSR count). The number of aromatic nitrogens is 1. The van der Waals surface area contributed by atoms with E-state index in [9.17, 15) is 4.79 Å². The Hall–Kier alpha value is -4.10. The third-order valence-corrected chi connectivity index (χ3v) is 4.63. The Morgan fingerprint density at radius 3 is 2.33 bits per heavy atom. The number of carbonyl (C=O) groups is 1. The summed E-state index contributed by atoms with van der Waals surface area (Å²) >= 11 is 0. The highest BCUT2D eigenvalue weighted by Gasteiger charge is 2.17. The molecule has 3 aromatic carbocycles. The molecular weight excluding hydrogens is 372 g/mol. The normalized spacial score (nSPS) is 10.4. The van der Waals surface area contributed by atoms with Gasteiger partial charge < -0.3 is 9.73 Å². The van der Waals surface area contributed by atoms with E-state index in [0.29, 0.717) is 23.8 Å². The van der Waals surface area contributed by atoms with Crippen molar-refractivity contribution in [3.8, 4) is 34.9 Å². The number of amides is 1. The van der Waals surface area contributed by atoms with E-state index in [1.807, 2.05) is 78.9 Å². The number of aryl methyl sites for hydroxylation is 1. The lowest BCUT2D eigenvalue weighted by molar-refractivity contribution is -0.116. The van der Waals surface area contributed by atoms with E-state index in [-0.39, 0.29) is 12.3 Å². The van der Waals surface area contributed by atoms with Crippen LogP contribution in [0.3, 0.4) is 0 Å². The van der Waals surface area contributed by atoms with Crippen LogP contribution in [0.1, 0.15) is 17.9 Å². The summed E-state index contributed by atoms with van der Waals surface area (Å²) in [7, 11) is 0. The number of hydrogen-bond donors (Lipinski definition) is 1. The van der Waals surface area contributed by atoms with Gasteiger partial charge in [0.05, 0.1) is 0 Å². The van der Waals surface area contributed by atoms with Crippen molar-refractivity contribution in [2.45, 2.75) is 12.8 Å². The predicted molar refractivity (Wildman–Crippen MR) is 119 cm³/mol. The molecule has 4 nitrogen and oxygen atoms in total. The van der Waals surface area contributed by atoms with Crippen molar-refractivity contribution in [3.05, 3.63) is 96.4 Å². The minimum Gasteiger partial charge on any atom is -0.440 e. The van der Waals surface area contributed by atoms with E-state index in [0.717, 1.165) is 22.4 Å². The first-order chi connectivity index (χ1) is 14.7. The molecule has 0 saturated carbocycles. The summed E-state index contributed by atoms with van der Waals surface area (Å²) in [5.41, 5.74) is 4.10. The first kappa shape index (κ1) is 19.2. The van der Waals surface area contributed by atoms with Gasteiger partial charge >= 0.3 is 0 Å². The number of nitrogens with zero attached hydrogens (tertiary/aromatic N) is 1. The summed E-state index contributed by atoms with van der Waals surface area (Å²) in [5, 5.41) is 2.87. The molecule has 0 aliphatic rings. The van der Waals surface area contributed by atoms with Crippen molar-refractivity contribution in [1.29, 1.82) is 0 Å². The van der Waals surface area contributed by atoms with Crippen molar-refractivity contribution in [3.63, 3.8) is 0 Å². The Morgan fingerprint density at radius 1 is 0.933 bits per heavy atom. The Labute approximate surface area is 175 Å². The van der Waals surface area contributed by atoms with Crippen LogP contribution < -0.4 is 5.32 Å². The summed E-state index contributed by atoms with van der Waals surface area (Å²) in [6.45, 7) is 0. The van der Waals surface area contributed by atoms with E-state index < -0.39 is 0 Å². The van der Waals surface area contributed by atoms with Gasteiger partial charge in [0.15, 0.2) is 11.7 Å². The summed E-state index contributed by atoms with van der Waals surface area (Å²) in [6.07, 6.45) is 6.06. The molecule has 0 unspecified atom stereocenters. The second kappa shape index (κ2) is 8.93. The highest BCUT2D eigenvalue weighted by Crippen LogP contribution is 2.32. The molecule has 1 aromatic heterocycles. The van der Waals surface area contributed by atoms with E-state index in [1.54, 1.807) is 6.07 Å². The van der Waals surface area contributed by atoms with E-state index in [1.165, 1.54) is 0 Å². The van der Waals surface area contributed by atoms with Crippen molar-refractivity contribution in [2.75, 3.05) is 5.32 Å². The predicted octanol–water partition coefficient (Wildman–Crippen LogP) is 5.56. The van der Waals surface area contributed by atoms with Gasteiger partial charge in [-0.15, -0.1) is 6.42 Å². The number of anilines is 1. The molecule has 0 fully saturated rings. The SMILES string of the molecule is C#Cc1cccc(NC(=O)CCc2nc(-c3ccccc3)c(-c3ccccc3)o2)c1. The molecule has 30 heavy (non-hydrogen) atoms. The molecule has 0 bridgehead atoms. The van der Waals surface area contributed by atoms with E-state index in [2.05, 4.69) is 11.2 Å². The van der Waals surface area contributed by atoms with Gasteiger partial charge in [-0.1, -0.05) is 72.7 Å². The maximum absolute atomic E-state index is 12.4.